The number of aromatic nitrogens is 4. The van der Waals surface area contributed by atoms with Crippen molar-refractivity contribution >= 4 is 45.7 Å². The first-order chi connectivity index (χ1) is 38.3. The van der Waals surface area contributed by atoms with Crippen LogP contribution in [-0.4, -0.2) is 168 Å². The number of oxazole rings is 1. The van der Waals surface area contributed by atoms with Gasteiger partial charge in [-0.05, 0) is 88.5 Å². The van der Waals surface area contributed by atoms with Gasteiger partial charge in [-0.1, -0.05) is 26.8 Å². The zero-order valence-electron chi connectivity index (χ0n) is 46.7. The molecule has 6 bridgehead atoms. The third kappa shape index (κ3) is 11.1. The minimum absolute atomic E-state index is 0.0132. The Bertz CT molecular complexity index is 2990. The third-order valence-electron chi connectivity index (χ3n) is 17.9. The first-order valence-electron chi connectivity index (χ1n) is 28.9. The van der Waals surface area contributed by atoms with Crippen molar-refractivity contribution in [2.24, 2.45) is 17.3 Å². The number of rotatable bonds is 13. The Hall–Kier alpha value is -5.32. The summed E-state index contributed by atoms with van der Waals surface area (Å²) >= 11 is 1.49. The predicted molar refractivity (Wildman–Crippen MR) is 298 cm³/mol. The standard InChI is InChI=1S/C59H78N10O9S/c1-36-48(45-32-76-35-61-45)49(36)54(70)63-51-53(67-20-25-75-26-21-67)55-62-46(33-79-55)38-8-11-47-42(28-38)44(30-58(3,4)34-78-57(72)59(5)14-7-15-69(64-59)56(51)71)52(68(47)22-27-77-41-12-23-74-24-13-41)43-29-40(31-60-50(43)37(2)73-6)66-18-16-65(17-19-66)39-9-10-39/h8,11,28-29,31-33,35-37,39,41,48-49,51,53,64H,7,9-10,12-27,30,34H2,1-6H3,(H,63,70)/t36-,37-,48-,49+,51-,53-,59?/m0/s1. The second-order valence-electron chi connectivity index (χ2n) is 24.1. The number of pyridine rings is 1. The molecule has 2 saturated carbocycles. The molecule has 6 fully saturated rings. The lowest BCUT2D eigenvalue weighted by Crippen LogP contribution is -2.67. The largest absolute Gasteiger partial charge is 0.464 e. The Morgan fingerprint density at radius 1 is 0.962 bits per heavy atom. The SMILES string of the molecule is CO[C@@H](C)c1ncc(N2CCN(C3CC3)CC2)cc1-c1c2c3cc(ccc3n1CCOC1CCOCC1)-c1csc(n1)[C@@H](N1CCOCC1)[C@H](NC(=O)[C@@H]1[C@@H](C)[C@H]1c1cocn1)C(=O)N1CCCC(C)(N1)C(=O)OCC(C)(C)C2. The number of morpholine rings is 1. The molecule has 5 aromatic rings. The fraction of sp³-hybridized carbons (Fsp3) is 0.627. The Morgan fingerprint density at radius 2 is 1.75 bits per heavy atom. The van der Waals surface area contributed by atoms with E-state index in [1.165, 1.54) is 35.6 Å². The summed E-state index contributed by atoms with van der Waals surface area (Å²) in [6, 6.07) is 7.92. The Balaban J connectivity index is 1.00. The number of piperazine rings is 1. The lowest BCUT2D eigenvalue weighted by Gasteiger charge is -2.43. The summed E-state index contributed by atoms with van der Waals surface area (Å²) in [5, 5.41) is 8.64. The highest BCUT2D eigenvalue weighted by Gasteiger charge is 2.55. The van der Waals surface area contributed by atoms with Crippen molar-refractivity contribution in [1.82, 2.24) is 45.1 Å². The van der Waals surface area contributed by atoms with Gasteiger partial charge < -0.3 is 42.9 Å². The van der Waals surface area contributed by atoms with E-state index in [1.807, 2.05) is 20.0 Å². The number of fused-ring (bicyclic) bond motifs is 6. The molecular formula is C59H78N10O9S. The number of carbonyl (C=O) groups excluding carboxylic acids is 3. The van der Waals surface area contributed by atoms with Gasteiger partial charge in [0, 0.05) is 123 Å². The van der Waals surface area contributed by atoms with Crippen LogP contribution in [0.5, 0.6) is 0 Å². The quantitative estimate of drug-likeness (QED) is 0.115. The van der Waals surface area contributed by atoms with E-state index < -0.39 is 34.9 Å². The van der Waals surface area contributed by atoms with Gasteiger partial charge in [-0.15, -0.1) is 11.3 Å². The average molecular weight is 1100 g/mol. The highest BCUT2D eigenvalue weighted by Crippen LogP contribution is 2.53. The topological polar surface area (TPSA) is 191 Å². The van der Waals surface area contributed by atoms with Gasteiger partial charge in [0.25, 0.3) is 5.91 Å². The van der Waals surface area contributed by atoms with Crippen molar-refractivity contribution < 1.29 is 42.5 Å². The number of benzene rings is 1. The van der Waals surface area contributed by atoms with Crippen molar-refractivity contribution in [1.29, 1.82) is 0 Å². The number of nitrogens with zero attached hydrogens (tertiary/aromatic N) is 8. The van der Waals surface area contributed by atoms with Gasteiger partial charge in [0.15, 0.2) is 6.39 Å². The Morgan fingerprint density at radius 3 is 2.49 bits per heavy atom. The van der Waals surface area contributed by atoms with Crippen LogP contribution in [0.4, 0.5) is 5.69 Å². The Labute approximate surface area is 467 Å². The third-order valence-corrected chi connectivity index (χ3v) is 18.8. The number of methoxy groups -OCH3 is 1. The molecule has 0 spiro atoms. The van der Waals surface area contributed by atoms with Gasteiger partial charge in [-0.2, -0.15) is 0 Å². The predicted octanol–water partition coefficient (Wildman–Crippen LogP) is 6.92. The van der Waals surface area contributed by atoms with Crippen LogP contribution in [0.3, 0.4) is 0 Å². The molecule has 19 nitrogen and oxygen atoms in total. The van der Waals surface area contributed by atoms with E-state index >= 15 is 4.79 Å². The molecule has 7 aliphatic rings. The normalized spacial score (nSPS) is 27.9. The molecule has 79 heavy (non-hydrogen) atoms. The van der Waals surface area contributed by atoms with Crippen molar-refractivity contribution in [3.63, 3.8) is 0 Å². The number of hydrogen-bond acceptors (Lipinski definition) is 17. The number of nitrogens with one attached hydrogen (secondary N) is 2. The molecule has 5 aliphatic heterocycles. The van der Waals surface area contributed by atoms with Gasteiger partial charge in [0.05, 0.1) is 79.3 Å². The number of esters is 1. The van der Waals surface area contributed by atoms with E-state index in [9.17, 15) is 9.59 Å². The number of thiazole rings is 1. The molecule has 0 radical (unpaired) electrons. The maximum atomic E-state index is 15.5. The van der Waals surface area contributed by atoms with Gasteiger partial charge in [0.2, 0.25) is 5.91 Å². The highest BCUT2D eigenvalue weighted by atomic mass is 32.1. The number of hydrazine groups is 1. The molecule has 424 valence electrons. The number of ether oxygens (including phenoxy) is 5. The maximum absolute atomic E-state index is 15.5. The van der Waals surface area contributed by atoms with Gasteiger partial charge in [-0.25, -0.2) is 20.2 Å². The average Bonchev–Trinajstić information content (AvgIpc) is 4.42. The molecular weight excluding hydrogens is 1020 g/mol. The van der Waals surface area contributed by atoms with E-state index in [0.29, 0.717) is 89.2 Å². The van der Waals surface area contributed by atoms with Crippen molar-refractivity contribution in [2.75, 3.05) is 97.5 Å². The van der Waals surface area contributed by atoms with E-state index in [1.54, 1.807) is 13.4 Å². The molecule has 7 atom stereocenters. The van der Waals surface area contributed by atoms with E-state index in [-0.39, 0.29) is 42.5 Å². The molecule has 20 heteroatoms. The second-order valence-corrected chi connectivity index (χ2v) is 25.0. The maximum Gasteiger partial charge on any atom is 0.327 e. The first-order valence-corrected chi connectivity index (χ1v) is 29.7. The summed E-state index contributed by atoms with van der Waals surface area (Å²) in [5.41, 5.74) is 10.0. The number of anilines is 1. The summed E-state index contributed by atoms with van der Waals surface area (Å²) in [7, 11) is 1.74. The molecule has 1 aromatic carbocycles. The fourth-order valence-electron chi connectivity index (χ4n) is 13.1. The zero-order chi connectivity index (χ0) is 54.6. The smallest absolute Gasteiger partial charge is 0.327 e. The second kappa shape index (κ2) is 22.6. The summed E-state index contributed by atoms with van der Waals surface area (Å²) in [5.74, 6) is -1.61. The molecule has 9 heterocycles. The van der Waals surface area contributed by atoms with Crippen LogP contribution in [0, 0.1) is 17.3 Å². The molecule has 4 aromatic heterocycles. The molecule has 2 N–H and O–H groups in total. The monoisotopic (exact) mass is 1100 g/mol. The lowest BCUT2D eigenvalue weighted by atomic mass is 9.84. The number of cyclic esters (lactones) is 1. The summed E-state index contributed by atoms with van der Waals surface area (Å²) in [6.07, 6.45) is 10.6. The van der Waals surface area contributed by atoms with Gasteiger partial charge >= 0.3 is 5.97 Å². The molecule has 1 unspecified atom stereocenters. The minimum Gasteiger partial charge on any atom is -0.464 e. The first kappa shape index (κ1) is 54.3. The fourth-order valence-corrected chi connectivity index (χ4v) is 14.1. The highest BCUT2D eigenvalue weighted by molar-refractivity contribution is 7.10. The van der Waals surface area contributed by atoms with E-state index in [4.69, 9.17) is 38.1 Å². The van der Waals surface area contributed by atoms with Crippen LogP contribution in [0.25, 0.3) is 33.4 Å². The van der Waals surface area contributed by atoms with Gasteiger partial charge in [0.1, 0.15) is 22.9 Å². The van der Waals surface area contributed by atoms with E-state index in [0.717, 1.165) is 95.4 Å². The number of hydrogen-bond donors (Lipinski definition) is 2. The molecule has 2 amide bonds. The van der Waals surface area contributed by atoms with Crippen LogP contribution >= 0.6 is 11.3 Å². The summed E-state index contributed by atoms with van der Waals surface area (Å²) in [4.78, 5) is 67.4. The minimum atomic E-state index is -1.24. The van der Waals surface area contributed by atoms with Gasteiger partial charge in [-0.3, -0.25) is 29.4 Å². The van der Waals surface area contributed by atoms with Crippen LogP contribution in [0.1, 0.15) is 113 Å². The number of amides is 2. The van der Waals surface area contributed by atoms with Crippen LogP contribution in [0.15, 0.2) is 52.9 Å². The molecule has 2 aliphatic carbocycles. The summed E-state index contributed by atoms with van der Waals surface area (Å²) in [6.45, 7) is 19.0. The summed E-state index contributed by atoms with van der Waals surface area (Å²) < 4.78 is 38.6. The Kier molecular flexibility index (Phi) is 15.5. The van der Waals surface area contributed by atoms with Crippen LogP contribution in [-0.2, 0) is 51.0 Å². The van der Waals surface area contributed by atoms with Crippen LogP contribution in [0.2, 0.25) is 0 Å². The van der Waals surface area contributed by atoms with E-state index in [2.05, 4.69) is 85.4 Å². The van der Waals surface area contributed by atoms with Crippen molar-refractivity contribution in [3.8, 4) is 22.5 Å². The van der Waals surface area contributed by atoms with Crippen molar-refractivity contribution in [3.05, 3.63) is 70.5 Å². The van der Waals surface area contributed by atoms with Crippen LogP contribution < -0.4 is 15.6 Å². The number of carbonyl (C=O) groups is 3. The van der Waals surface area contributed by atoms with Crippen molar-refractivity contribution in [2.45, 2.75) is 128 Å². The zero-order valence-corrected chi connectivity index (χ0v) is 47.6. The molecule has 4 saturated heterocycles. The molecule has 12 rings (SSSR count). The lowest BCUT2D eigenvalue weighted by molar-refractivity contribution is -0.163.